The van der Waals surface area contributed by atoms with Crippen molar-refractivity contribution in [1.82, 2.24) is 5.32 Å². The van der Waals surface area contributed by atoms with Crippen LogP contribution in [-0.4, -0.2) is 13.0 Å². The minimum Gasteiger partial charge on any atom is -0.359 e. The van der Waals surface area contributed by atoms with Crippen molar-refractivity contribution in [2.24, 2.45) is 0 Å². The summed E-state index contributed by atoms with van der Waals surface area (Å²) in [4.78, 5) is 10.3. The molecule has 0 atom stereocenters. The molecule has 0 aliphatic carbocycles. The molecule has 0 bridgehead atoms. The Kier molecular flexibility index (Phi) is 3.38. The second-order valence-electron chi connectivity index (χ2n) is 1.42. The normalized spacial score (nSPS) is 8.29. The molecule has 1 N–H and O–H groups in total. The molecule has 0 radical (unpaired) electrons. The topological polar surface area (TPSA) is 29.1 Å². The molecule has 0 unspecified atom stereocenters. The summed E-state index contributed by atoms with van der Waals surface area (Å²) >= 11 is 0. The minimum absolute atomic E-state index is 0. The maximum Gasteiger partial charge on any atom is 0.219 e. The molecule has 0 rings (SSSR count). The van der Waals surface area contributed by atoms with E-state index in [0.717, 1.165) is 6.42 Å². The van der Waals surface area contributed by atoms with Crippen LogP contribution in [0.5, 0.6) is 0 Å². The minimum atomic E-state index is 0. The molecule has 0 aliphatic rings. The monoisotopic (exact) mass is 103 g/mol. The third-order valence-electron chi connectivity index (χ3n) is 0.756. The van der Waals surface area contributed by atoms with E-state index in [-0.39, 0.29) is 7.33 Å². The Morgan fingerprint density at radius 3 is 2.57 bits per heavy atom. The summed E-state index contributed by atoms with van der Waals surface area (Å²) in [7, 11) is 1.65. The summed E-state index contributed by atoms with van der Waals surface area (Å²) in [5.41, 5.74) is 0. The van der Waals surface area contributed by atoms with Gasteiger partial charge >= 0.3 is 0 Å². The van der Waals surface area contributed by atoms with Gasteiger partial charge < -0.3 is 5.32 Å². The van der Waals surface area contributed by atoms with E-state index in [2.05, 4.69) is 5.32 Å². The highest BCUT2D eigenvalue weighted by molar-refractivity contribution is 5.75. The van der Waals surface area contributed by atoms with E-state index in [4.69, 9.17) is 0 Å². The predicted octanol–water partition coefficient (Wildman–Crippen LogP) is 0.778. The second kappa shape index (κ2) is 3.65. The molecule has 0 fully saturated rings. The Hall–Kier alpha value is -0.530. The zero-order valence-electron chi connectivity index (χ0n) is 4.82. The highest BCUT2D eigenvalue weighted by atomic mass is 16.1. The van der Waals surface area contributed by atoms with E-state index in [1.165, 1.54) is 0 Å². The third-order valence-corrected chi connectivity index (χ3v) is 0.756. The Morgan fingerprint density at radius 1 is 1.86 bits per heavy atom. The van der Waals surface area contributed by atoms with Gasteiger partial charge in [0, 0.05) is 14.9 Å². The lowest BCUT2D eigenvalue weighted by atomic mass is 10.3. The fourth-order valence-corrected chi connectivity index (χ4v) is 0.352. The highest BCUT2D eigenvalue weighted by Crippen LogP contribution is 1.82. The first-order chi connectivity index (χ1) is 3.31. The highest BCUT2D eigenvalue weighted by Gasteiger charge is 1.89. The third kappa shape index (κ3) is 3.30. The molecule has 0 spiro atoms. The molecule has 0 saturated carbocycles. The van der Waals surface area contributed by atoms with Gasteiger partial charge in [0.2, 0.25) is 5.91 Å². The van der Waals surface area contributed by atoms with E-state index in [9.17, 15) is 4.79 Å². The summed E-state index contributed by atoms with van der Waals surface area (Å²) in [6, 6.07) is 0. The quantitative estimate of drug-likeness (QED) is 0.549. The van der Waals surface area contributed by atoms with Crippen LogP contribution in [0.25, 0.3) is 0 Å². The largest absolute Gasteiger partial charge is 0.359 e. The van der Waals surface area contributed by atoms with Crippen molar-refractivity contribution in [2.45, 2.75) is 19.8 Å². The molecule has 0 aromatic heterocycles. The van der Waals surface area contributed by atoms with Crippen LogP contribution in [-0.2, 0) is 4.79 Å². The fraction of sp³-hybridized carbons (Fsp3) is 0.800. The van der Waals surface area contributed by atoms with Crippen molar-refractivity contribution < 1.29 is 6.22 Å². The smallest absolute Gasteiger partial charge is 0.219 e. The van der Waals surface area contributed by atoms with Gasteiger partial charge in [0.15, 0.2) is 0 Å². The van der Waals surface area contributed by atoms with E-state index in [0.29, 0.717) is 6.42 Å². The molecule has 1 amide bonds. The predicted molar refractivity (Wildman–Crippen MR) is 31.1 cm³/mol. The molecule has 0 aliphatic heterocycles. The lowest BCUT2D eigenvalue weighted by Crippen LogP contribution is -2.16. The maximum atomic E-state index is 10.3. The molecular formula is C5H13NO. The first-order valence-electron chi connectivity index (χ1n) is 2.51. The van der Waals surface area contributed by atoms with Crippen molar-refractivity contribution in [2.75, 3.05) is 7.05 Å². The molecule has 0 aromatic carbocycles. The van der Waals surface area contributed by atoms with Crippen molar-refractivity contribution in [3.63, 3.8) is 0 Å². The van der Waals surface area contributed by atoms with E-state index in [1.807, 2.05) is 6.92 Å². The molecule has 0 aromatic rings. The number of nitrogens with one attached hydrogen (secondary N) is 1. The van der Waals surface area contributed by atoms with Crippen LogP contribution in [0.3, 0.4) is 0 Å². The molecular weight excluding hydrogens is 90.1 g/mol. The summed E-state index contributed by atoms with van der Waals surface area (Å²) in [5.74, 6) is 0.127. The summed E-state index contributed by atoms with van der Waals surface area (Å²) in [6.07, 6.45) is 1.58. The van der Waals surface area contributed by atoms with Crippen LogP contribution in [0.1, 0.15) is 21.2 Å². The first-order valence-corrected chi connectivity index (χ1v) is 2.51. The Labute approximate surface area is 45.4 Å². The number of rotatable bonds is 2. The summed E-state index contributed by atoms with van der Waals surface area (Å²) < 4.78 is 0. The van der Waals surface area contributed by atoms with Gasteiger partial charge in [0.25, 0.3) is 0 Å². The van der Waals surface area contributed by atoms with Gasteiger partial charge in [-0.3, -0.25) is 4.79 Å². The van der Waals surface area contributed by atoms with Crippen molar-refractivity contribution >= 4 is 5.91 Å². The standard InChI is InChI=1S/C5H11NO.H2/c1-3-4-5(7)6-2;/h3-4H2,1-2H3,(H,6,7);1H. The van der Waals surface area contributed by atoms with Crippen LogP contribution in [0.15, 0.2) is 0 Å². The van der Waals surface area contributed by atoms with Gasteiger partial charge in [-0.1, -0.05) is 6.92 Å². The van der Waals surface area contributed by atoms with Gasteiger partial charge in [-0.2, -0.15) is 0 Å². The number of carbonyl (C=O) groups excluding carboxylic acids is 1. The van der Waals surface area contributed by atoms with Crippen LogP contribution in [0, 0.1) is 0 Å². The van der Waals surface area contributed by atoms with Crippen LogP contribution >= 0.6 is 0 Å². The summed E-state index contributed by atoms with van der Waals surface area (Å²) in [5, 5.41) is 2.53. The van der Waals surface area contributed by atoms with E-state index in [1.54, 1.807) is 7.05 Å². The van der Waals surface area contributed by atoms with E-state index < -0.39 is 0 Å². The molecule has 0 heterocycles. The number of carbonyl (C=O) groups is 1. The molecule has 44 valence electrons. The average molecular weight is 103 g/mol. The van der Waals surface area contributed by atoms with Crippen molar-refractivity contribution in [1.29, 1.82) is 0 Å². The maximum absolute atomic E-state index is 10.3. The van der Waals surface area contributed by atoms with Crippen LogP contribution in [0.4, 0.5) is 0 Å². The van der Waals surface area contributed by atoms with Crippen LogP contribution < -0.4 is 5.32 Å². The van der Waals surface area contributed by atoms with Crippen molar-refractivity contribution in [3.05, 3.63) is 0 Å². The fourth-order valence-electron chi connectivity index (χ4n) is 0.352. The molecule has 0 saturated heterocycles. The Bertz CT molecular complexity index is 65.4. The van der Waals surface area contributed by atoms with Gasteiger partial charge in [-0.05, 0) is 6.42 Å². The van der Waals surface area contributed by atoms with Gasteiger partial charge in [0.1, 0.15) is 0 Å². The van der Waals surface area contributed by atoms with Gasteiger partial charge in [0.05, 0.1) is 0 Å². The molecule has 7 heavy (non-hydrogen) atoms. The van der Waals surface area contributed by atoms with Crippen molar-refractivity contribution in [3.8, 4) is 0 Å². The average Bonchev–Trinajstić information content (AvgIpc) is 1.68. The van der Waals surface area contributed by atoms with Gasteiger partial charge in [-0.25, -0.2) is 0 Å². The Morgan fingerprint density at radius 2 is 2.43 bits per heavy atom. The number of hydrogen-bond acceptors (Lipinski definition) is 1. The SMILES string of the molecule is CCCC(=O)NC.[HH]. The van der Waals surface area contributed by atoms with E-state index >= 15 is 0 Å². The van der Waals surface area contributed by atoms with Crippen LogP contribution in [0.2, 0.25) is 0 Å². The summed E-state index contributed by atoms with van der Waals surface area (Å²) in [6.45, 7) is 1.98. The van der Waals surface area contributed by atoms with Gasteiger partial charge in [-0.15, -0.1) is 0 Å². The first kappa shape index (κ1) is 6.47. The number of amides is 1. The zero-order valence-corrected chi connectivity index (χ0v) is 4.82. The Balaban J connectivity index is 0. The zero-order chi connectivity index (χ0) is 5.70. The molecule has 2 heteroatoms. The lowest BCUT2D eigenvalue weighted by Gasteiger charge is -1.91. The second-order valence-corrected chi connectivity index (χ2v) is 1.42. The number of hydrogen-bond donors (Lipinski definition) is 1. The molecule has 2 nitrogen and oxygen atoms in total. The lowest BCUT2D eigenvalue weighted by molar-refractivity contribution is -0.120.